The van der Waals surface area contributed by atoms with E-state index in [0.717, 1.165) is 20.9 Å². The van der Waals surface area contributed by atoms with Crippen molar-refractivity contribution in [1.29, 1.82) is 10.5 Å². The van der Waals surface area contributed by atoms with Crippen molar-refractivity contribution in [3.63, 3.8) is 0 Å². The van der Waals surface area contributed by atoms with Crippen LogP contribution in [0.3, 0.4) is 0 Å². The summed E-state index contributed by atoms with van der Waals surface area (Å²) in [5, 5.41) is 30.7. The van der Waals surface area contributed by atoms with Crippen LogP contribution in [-0.2, 0) is 24.4 Å². The number of benzene rings is 4. The number of nitrogens with one attached hydrogen (secondary N) is 2. The first-order valence-corrected chi connectivity index (χ1v) is 23.1. The number of nitrogens with zero attached hydrogens (tertiary/aromatic N) is 2. The van der Waals surface area contributed by atoms with Crippen molar-refractivity contribution >= 4 is 65.5 Å². The number of amides is 2. The number of carbonyl (C=O) groups is 2. The molecule has 2 aromatic heterocycles. The molecule has 0 saturated heterocycles. The second-order valence-corrected chi connectivity index (χ2v) is 17.6. The van der Waals surface area contributed by atoms with E-state index < -0.39 is 31.3 Å². The summed E-state index contributed by atoms with van der Waals surface area (Å²) in [5.41, 5.74) is 16.5. The minimum atomic E-state index is -2.98. The molecule has 0 bridgehead atoms. The standard InChI is InChI=1S/C48H47N6O5PS2/c1-5-47(6-2,35-19-13-31(14-20-35)45(55)53-39-27-33(17-23-37(39)51)41-11-9-25-61-41)43(29-49)58-60(57)59-44(30-50)48(7-3,8-4)36-21-15-32(16-22-36)46(56)54-40-28-34(18-24-38(40)52)42-12-10-26-62-42/h9-28,43-44H,5-8,51-52H2,1-4H3,(H-,53,54,55,56)/p+1. The van der Waals surface area contributed by atoms with E-state index in [1.54, 1.807) is 83.3 Å². The van der Waals surface area contributed by atoms with E-state index in [4.69, 9.17) is 20.5 Å². The van der Waals surface area contributed by atoms with Gasteiger partial charge >= 0.3 is 8.25 Å². The Kier molecular flexibility index (Phi) is 14.7. The fraction of sp³-hybridized carbons (Fsp3) is 0.250. The molecule has 2 heterocycles. The van der Waals surface area contributed by atoms with Crippen molar-refractivity contribution in [2.75, 3.05) is 22.1 Å². The van der Waals surface area contributed by atoms with Crippen molar-refractivity contribution in [3.05, 3.63) is 142 Å². The van der Waals surface area contributed by atoms with E-state index in [1.807, 2.05) is 87.0 Å². The van der Waals surface area contributed by atoms with E-state index in [0.29, 0.717) is 70.7 Å². The minimum absolute atomic E-state index is 0.355. The van der Waals surface area contributed by atoms with E-state index in [9.17, 15) is 24.7 Å². The van der Waals surface area contributed by atoms with Crippen LogP contribution < -0.4 is 22.1 Å². The third kappa shape index (κ3) is 9.49. The maximum atomic E-state index is 13.8. The minimum Gasteiger partial charge on any atom is -0.397 e. The molecule has 14 heteroatoms. The summed E-state index contributed by atoms with van der Waals surface area (Å²) in [6, 6.07) is 37.1. The van der Waals surface area contributed by atoms with Crippen molar-refractivity contribution in [2.24, 2.45) is 0 Å². The van der Waals surface area contributed by atoms with Gasteiger partial charge in [-0.15, -0.1) is 22.7 Å². The average molecular weight is 884 g/mol. The smallest absolute Gasteiger partial charge is 0.397 e. The van der Waals surface area contributed by atoms with E-state index in [2.05, 4.69) is 22.8 Å². The number of carbonyl (C=O) groups excluding carboxylic acids is 2. The molecule has 0 aliphatic carbocycles. The maximum Gasteiger partial charge on any atom is 0.700 e. The molecule has 0 spiro atoms. The number of nitrogen functional groups attached to an aromatic ring is 2. The quantitative estimate of drug-likeness (QED) is 0.0480. The van der Waals surface area contributed by atoms with Crippen LogP contribution in [0.4, 0.5) is 22.7 Å². The highest BCUT2D eigenvalue weighted by atomic mass is 32.1. The number of hydrogen-bond donors (Lipinski definition) is 4. The monoisotopic (exact) mass is 883 g/mol. The number of thiophene rings is 2. The van der Waals surface area contributed by atoms with Crippen LogP contribution >= 0.6 is 30.9 Å². The van der Waals surface area contributed by atoms with Crippen molar-refractivity contribution in [2.45, 2.75) is 76.4 Å². The molecule has 11 nitrogen and oxygen atoms in total. The first kappa shape index (κ1) is 45.3. The molecular formula is C48H48N6O5PS2+. The van der Waals surface area contributed by atoms with Gasteiger partial charge < -0.3 is 22.1 Å². The van der Waals surface area contributed by atoms with E-state index >= 15 is 0 Å². The van der Waals surface area contributed by atoms with Gasteiger partial charge in [0.05, 0.1) is 22.7 Å². The highest BCUT2D eigenvalue weighted by Crippen LogP contribution is 2.45. The van der Waals surface area contributed by atoms with Crippen molar-refractivity contribution < 1.29 is 23.2 Å². The number of hydrogen-bond acceptors (Lipinski definition) is 11. The fourth-order valence-electron chi connectivity index (χ4n) is 7.87. The first-order chi connectivity index (χ1) is 29.9. The second kappa shape index (κ2) is 20.1. The zero-order valence-electron chi connectivity index (χ0n) is 34.9. The van der Waals surface area contributed by atoms with Crippen molar-refractivity contribution in [3.8, 4) is 33.0 Å². The van der Waals surface area contributed by atoms with Gasteiger partial charge in [-0.2, -0.15) is 10.5 Å². The van der Waals surface area contributed by atoms with Crippen LogP contribution in [0.5, 0.6) is 0 Å². The molecule has 0 aliphatic rings. The molecule has 6 rings (SSSR count). The van der Waals surface area contributed by atoms with E-state index in [-0.39, 0.29) is 11.8 Å². The summed E-state index contributed by atoms with van der Waals surface area (Å²) in [7, 11) is -2.98. The molecular weight excluding hydrogens is 836 g/mol. The van der Waals surface area contributed by atoms with Crippen LogP contribution in [0, 0.1) is 22.7 Å². The maximum absolute atomic E-state index is 13.8. The lowest BCUT2D eigenvalue weighted by Crippen LogP contribution is -2.40. The molecule has 6 aromatic rings. The summed E-state index contributed by atoms with van der Waals surface area (Å²) in [6.45, 7) is 7.64. The molecule has 0 aliphatic heterocycles. The number of anilines is 4. The number of rotatable bonds is 18. The Balaban J connectivity index is 1.15. The highest BCUT2D eigenvalue weighted by molar-refractivity contribution is 7.33. The molecule has 0 saturated carbocycles. The van der Waals surface area contributed by atoms with Gasteiger partial charge in [-0.3, -0.25) is 9.59 Å². The van der Waals surface area contributed by atoms with Gasteiger partial charge in [0, 0.05) is 36.3 Å². The molecule has 4 aromatic carbocycles. The van der Waals surface area contributed by atoms with Crippen LogP contribution in [0.25, 0.3) is 20.9 Å². The lowest BCUT2D eigenvalue weighted by atomic mass is 9.71. The largest absolute Gasteiger partial charge is 0.700 e. The molecule has 316 valence electrons. The van der Waals surface area contributed by atoms with Crippen LogP contribution in [0.1, 0.15) is 85.2 Å². The van der Waals surface area contributed by atoms with Gasteiger partial charge in [0.1, 0.15) is 12.1 Å². The molecule has 6 N–H and O–H groups in total. The fourth-order valence-corrected chi connectivity index (χ4v) is 10.2. The molecule has 0 radical (unpaired) electrons. The molecule has 2 unspecified atom stereocenters. The first-order valence-electron chi connectivity index (χ1n) is 20.3. The average Bonchev–Trinajstić information content (AvgIpc) is 4.05. The van der Waals surface area contributed by atoms with Crippen LogP contribution in [0.2, 0.25) is 0 Å². The summed E-state index contributed by atoms with van der Waals surface area (Å²) < 4.78 is 25.6. The SMILES string of the molecule is CCC(CC)(c1ccc(C(=O)Nc2cc(-c3cccs3)ccc2N)cc1)C(C#N)O[P+](=O)OC(C#N)C(CC)(CC)c1ccc(C(=O)Nc2cc(-c3cccs3)ccc2N)cc1. The van der Waals surface area contributed by atoms with Gasteiger partial charge in [-0.05, 0) is 119 Å². The van der Waals surface area contributed by atoms with Crippen molar-refractivity contribution in [1.82, 2.24) is 0 Å². The summed E-state index contributed by atoms with van der Waals surface area (Å²) in [5.74, 6) is -0.710. The zero-order valence-corrected chi connectivity index (χ0v) is 37.4. The lowest BCUT2D eigenvalue weighted by molar-refractivity contribution is 0.0873. The Morgan fingerprint density at radius 2 is 1.00 bits per heavy atom. The number of nitriles is 2. The van der Waals surface area contributed by atoms with E-state index in [1.165, 1.54) is 0 Å². The Bertz CT molecular complexity index is 2420. The molecule has 0 fully saturated rings. The second-order valence-electron chi connectivity index (χ2n) is 14.8. The van der Waals surface area contributed by atoms with Gasteiger partial charge in [0.15, 0.2) is 0 Å². The third-order valence-corrected chi connectivity index (χ3v) is 14.4. The van der Waals surface area contributed by atoms with Gasteiger partial charge in [0.2, 0.25) is 12.2 Å². The normalized spacial score (nSPS) is 12.7. The van der Waals surface area contributed by atoms with Gasteiger partial charge in [0.25, 0.3) is 11.8 Å². The summed E-state index contributed by atoms with van der Waals surface area (Å²) >= 11 is 3.18. The molecule has 2 atom stereocenters. The Morgan fingerprint density at radius 1 is 0.629 bits per heavy atom. The summed E-state index contributed by atoms with van der Waals surface area (Å²) in [4.78, 5) is 28.9. The number of nitrogens with two attached hydrogens (primary N) is 2. The predicted molar refractivity (Wildman–Crippen MR) is 250 cm³/mol. The summed E-state index contributed by atoms with van der Waals surface area (Å²) in [6.07, 6.45) is -0.712. The van der Waals surface area contributed by atoms with Gasteiger partial charge in [-0.1, -0.05) is 85.3 Å². The third-order valence-electron chi connectivity index (χ3n) is 11.8. The van der Waals surface area contributed by atoms with Crippen LogP contribution in [-0.4, -0.2) is 24.0 Å². The Morgan fingerprint density at radius 3 is 1.31 bits per heavy atom. The highest BCUT2D eigenvalue weighted by Gasteiger charge is 2.49. The predicted octanol–water partition coefficient (Wildman–Crippen LogP) is 12.1. The molecule has 62 heavy (non-hydrogen) atoms. The molecule has 2 amide bonds. The topological polar surface area (TPSA) is 193 Å². The lowest BCUT2D eigenvalue weighted by Gasteiger charge is -2.34. The van der Waals surface area contributed by atoms with Gasteiger partial charge in [-0.25, -0.2) is 0 Å². The zero-order chi connectivity index (χ0) is 44.4. The Hall–Kier alpha value is -6.18. The Labute approximate surface area is 371 Å². The van der Waals surface area contributed by atoms with Crippen LogP contribution in [0.15, 0.2) is 120 Å².